The van der Waals surface area contributed by atoms with Crippen LogP contribution in [0.4, 0.5) is 0 Å². The highest BCUT2D eigenvalue weighted by Crippen LogP contribution is 2.28. The van der Waals surface area contributed by atoms with Crippen molar-refractivity contribution in [2.24, 2.45) is 5.92 Å². The van der Waals surface area contributed by atoms with Crippen molar-refractivity contribution in [3.05, 3.63) is 29.3 Å². The molecule has 1 amide bonds. The minimum absolute atomic E-state index is 0.0692. The molecule has 108 valence electrons. The number of amides is 1. The number of benzene rings is 1. The Bertz CT molecular complexity index is 541. The number of rotatable bonds is 2. The zero-order valence-electron chi connectivity index (χ0n) is 11.7. The Labute approximate surface area is 117 Å². The zero-order chi connectivity index (χ0) is 14.9. The molecule has 1 aromatic carbocycles. The molecule has 0 aromatic heterocycles. The van der Waals surface area contributed by atoms with Gasteiger partial charge in [-0.25, -0.2) is 4.79 Å². The van der Waals surface area contributed by atoms with Crippen molar-refractivity contribution in [2.45, 2.75) is 32.7 Å². The summed E-state index contributed by atoms with van der Waals surface area (Å²) in [5.74, 6) is -1.19. The molecule has 0 saturated carbocycles. The number of nitrogens with zero attached hydrogens (tertiary/aromatic N) is 1. The predicted octanol–water partition coefficient (Wildman–Crippen LogP) is 2.03. The molecule has 1 heterocycles. The Morgan fingerprint density at radius 2 is 2.05 bits per heavy atom. The quantitative estimate of drug-likeness (QED) is 0.867. The van der Waals surface area contributed by atoms with Gasteiger partial charge in [-0.3, -0.25) is 4.79 Å². The number of phenolic OH excluding ortho intramolecular Hbond substituents is 1. The van der Waals surface area contributed by atoms with Crippen molar-refractivity contribution in [3.63, 3.8) is 0 Å². The smallest absolute Gasteiger partial charge is 0.326 e. The van der Waals surface area contributed by atoms with Gasteiger partial charge in [0.15, 0.2) is 0 Å². The maximum Gasteiger partial charge on any atom is 0.326 e. The number of hydrogen-bond donors (Lipinski definition) is 2. The van der Waals surface area contributed by atoms with Gasteiger partial charge in [0.1, 0.15) is 11.8 Å². The van der Waals surface area contributed by atoms with Crippen LogP contribution in [0, 0.1) is 12.8 Å². The average Bonchev–Trinajstić information content (AvgIpc) is 2.41. The van der Waals surface area contributed by atoms with Gasteiger partial charge < -0.3 is 15.1 Å². The van der Waals surface area contributed by atoms with Crippen molar-refractivity contribution in [1.29, 1.82) is 0 Å². The summed E-state index contributed by atoms with van der Waals surface area (Å²) in [7, 11) is 0. The summed E-state index contributed by atoms with van der Waals surface area (Å²) in [6.07, 6.45) is 1.23. The van der Waals surface area contributed by atoms with Gasteiger partial charge in [0.05, 0.1) is 5.56 Å². The van der Waals surface area contributed by atoms with Crippen LogP contribution in [0.1, 0.15) is 35.7 Å². The van der Waals surface area contributed by atoms with E-state index in [0.717, 1.165) is 6.42 Å². The molecular formula is C15H19NO4. The summed E-state index contributed by atoms with van der Waals surface area (Å²) < 4.78 is 0. The van der Waals surface area contributed by atoms with Crippen molar-refractivity contribution in [2.75, 3.05) is 6.54 Å². The monoisotopic (exact) mass is 277 g/mol. The second kappa shape index (κ2) is 5.53. The van der Waals surface area contributed by atoms with Gasteiger partial charge in [-0.1, -0.05) is 19.1 Å². The molecule has 2 atom stereocenters. The lowest BCUT2D eigenvalue weighted by Gasteiger charge is -2.36. The number of aromatic hydroxyl groups is 1. The molecule has 0 aliphatic carbocycles. The lowest BCUT2D eigenvalue weighted by atomic mass is 9.91. The summed E-state index contributed by atoms with van der Waals surface area (Å²) >= 11 is 0. The zero-order valence-corrected chi connectivity index (χ0v) is 11.7. The van der Waals surface area contributed by atoms with Crippen LogP contribution in [0.2, 0.25) is 0 Å². The van der Waals surface area contributed by atoms with Crippen LogP contribution in [0.5, 0.6) is 5.75 Å². The fraction of sp³-hybridized carbons (Fsp3) is 0.467. The fourth-order valence-electron chi connectivity index (χ4n) is 2.60. The van der Waals surface area contributed by atoms with Crippen LogP contribution in [-0.2, 0) is 4.79 Å². The van der Waals surface area contributed by atoms with E-state index in [4.69, 9.17) is 0 Å². The SMILES string of the molecule is Cc1cccc(C(=O)N2CCC(C)CC2C(=O)O)c1O. The largest absolute Gasteiger partial charge is 0.507 e. The molecule has 20 heavy (non-hydrogen) atoms. The van der Waals surface area contributed by atoms with Crippen molar-refractivity contribution in [3.8, 4) is 5.75 Å². The Morgan fingerprint density at radius 3 is 2.70 bits per heavy atom. The number of aryl methyl sites for hydroxylation is 1. The predicted molar refractivity (Wildman–Crippen MR) is 73.7 cm³/mol. The first-order valence-corrected chi connectivity index (χ1v) is 6.74. The molecule has 1 fully saturated rings. The van der Waals surface area contributed by atoms with Crippen molar-refractivity contribution in [1.82, 2.24) is 4.90 Å². The van der Waals surface area contributed by atoms with E-state index in [1.165, 1.54) is 11.0 Å². The number of likely N-dealkylation sites (tertiary alicyclic amines) is 1. The fourth-order valence-corrected chi connectivity index (χ4v) is 2.60. The van der Waals surface area contributed by atoms with Crippen LogP contribution < -0.4 is 0 Å². The molecule has 0 radical (unpaired) electrons. The summed E-state index contributed by atoms with van der Waals surface area (Å²) in [5, 5.41) is 19.3. The van der Waals surface area contributed by atoms with Gasteiger partial charge in [0.25, 0.3) is 5.91 Å². The van der Waals surface area contributed by atoms with Crippen molar-refractivity contribution < 1.29 is 19.8 Å². The van der Waals surface area contributed by atoms with Gasteiger partial charge in [0, 0.05) is 6.54 Å². The highest BCUT2D eigenvalue weighted by Gasteiger charge is 2.35. The van der Waals surface area contributed by atoms with Crippen molar-refractivity contribution >= 4 is 11.9 Å². The molecule has 2 unspecified atom stereocenters. The van der Waals surface area contributed by atoms with Crippen LogP contribution in [0.25, 0.3) is 0 Å². The van der Waals surface area contributed by atoms with E-state index >= 15 is 0 Å². The van der Waals surface area contributed by atoms with Gasteiger partial charge in [0.2, 0.25) is 0 Å². The Morgan fingerprint density at radius 1 is 1.35 bits per heavy atom. The second-order valence-corrected chi connectivity index (χ2v) is 5.45. The normalized spacial score (nSPS) is 22.6. The average molecular weight is 277 g/mol. The number of carbonyl (C=O) groups is 2. The second-order valence-electron chi connectivity index (χ2n) is 5.45. The first kappa shape index (κ1) is 14.4. The first-order valence-electron chi connectivity index (χ1n) is 6.74. The minimum atomic E-state index is -0.989. The molecule has 0 spiro atoms. The van der Waals surface area contributed by atoms with E-state index in [0.29, 0.717) is 18.5 Å². The van der Waals surface area contributed by atoms with Gasteiger partial charge >= 0.3 is 5.97 Å². The number of hydrogen-bond acceptors (Lipinski definition) is 3. The summed E-state index contributed by atoms with van der Waals surface area (Å²) in [4.78, 5) is 25.2. The summed E-state index contributed by atoms with van der Waals surface area (Å²) in [5.41, 5.74) is 0.777. The Balaban J connectivity index is 2.31. The van der Waals surface area contributed by atoms with E-state index in [1.807, 2.05) is 6.92 Å². The van der Waals surface area contributed by atoms with E-state index < -0.39 is 17.9 Å². The molecule has 5 nitrogen and oxygen atoms in total. The number of para-hydroxylation sites is 1. The third-order valence-corrected chi connectivity index (χ3v) is 3.88. The number of carboxylic acid groups (broad SMARTS) is 1. The number of piperidine rings is 1. The number of carbonyl (C=O) groups excluding carboxylic acids is 1. The van der Waals surface area contributed by atoms with Gasteiger partial charge in [-0.15, -0.1) is 0 Å². The molecule has 2 N–H and O–H groups in total. The molecule has 1 aliphatic rings. The Hall–Kier alpha value is -2.04. The van der Waals surface area contributed by atoms with Crippen LogP contribution in [0.3, 0.4) is 0 Å². The Kier molecular flexibility index (Phi) is 3.97. The van der Waals surface area contributed by atoms with Gasteiger partial charge in [-0.2, -0.15) is 0 Å². The number of phenols is 1. The lowest BCUT2D eigenvalue weighted by molar-refractivity contribution is -0.144. The maximum atomic E-state index is 12.5. The molecule has 0 bridgehead atoms. The number of carboxylic acids is 1. The topological polar surface area (TPSA) is 77.8 Å². The summed E-state index contributed by atoms with van der Waals surface area (Å²) in [6.45, 7) is 4.10. The van der Waals surface area contributed by atoms with E-state index in [9.17, 15) is 19.8 Å². The third-order valence-electron chi connectivity index (χ3n) is 3.88. The standard InChI is InChI=1S/C15H19NO4/c1-9-6-7-16(12(8-9)15(19)20)14(18)11-5-3-4-10(2)13(11)17/h3-5,9,12,17H,6-8H2,1-2H3,(H,19,20). The molecule has 1 aromatic rings. The van der Waals surface area contributed by atoms with E-state index in [1.54, 1.807) is 19.1 Å². The van der Waals surface area contributed by atoms with Crippen LogP contribution >= 0.6 is 0 Å². The minimum Gasteiger partial charge on any atom is -0.507 e. The first-order chi connectivity index (χ1) is 9.41. The molecule has 2 rings (SSSR count). The molecule has 1 aliphatic heterocycles. The van der Waals surface area contributed by atoms with E-state index in [-0.39, 0.29) is 17.2 Å². The molecule has 5 heteroatoms. The lowest BCUT2D eigenvalue weighted by Crippen LogP contribution is -2.49. The van der Waals surface area contributed by atoms with Gasteiger partial charge in [-0.05, 0) is 37.3 Å². The molecular weight excluding hydrogens is 258 g/mol. The highest BCUT2D eigenvalue weighted by molar-refractivity contribution is 5.99. The molecule has 1 saturated heterocycles. The summed E-state index contributed by atoms with van der Waals surface area (Å²) in [6, 6.07) is 4.11. The third kappa shape index (κ3) is 2.61. The van der Waals surface area contributed by atoms with E-state index in [2.05, 4.69) is 0 Å². The van der Waals surface area contributed by atoms with Crippen LogP contribution in [0.15, 0.2) is 18.2 Å². The van der Waals surface area contributed by atoms with Crippen LogP contribution in [-0.4, -0.2) is 39.6 Å². The highest BCUT2D eigenvalue weighted by atomic mass is 16.4. The maximum absolute atomic E-state index is 12.5. The number of aliphatic carboxylic acids is 1.